The predicted octanol–water partition coefficient (Wildman–Crippen LogP) is 0.909. The lowest BCUT2D eigenvalue weighted by molar-refractivity contribution is -0.228. The molecule has 0 heterocycles. The van der Waals surface area contributed by atoms with Gasteiger partial charge < -0.3 is 4.74 Å². The molecule has 3 nitrogen and oxygen atoms in total. The van der Waals surface area contributed by atoms with Crippen molar-refractivity contribution in [2.75, 3.05) is 6.61 Å². The van der Waals surface area contributed by atoms with Gasteiger partial charge in [-0.2, -0.15) is 8.78 Å². The van der Waals surface area contributed by atoms with E-state index in [2.05, 4.69) is 9.73 Å². The van der Waals surface area contributed by atoms with E-state index in [1.807, 2.05) is 0 Å². The molecule has 5 heteroatoms. The van der Waals surface area contributed by atoms with Crippen LogP contribution in [0.3, 0.4) is 0 Å². The molecule has 0 atom stereocenters. The fourth-order valence-electron chi connectivity index (χ4n) is 0.259. The quantitative estimate of drug-likeness (QED) is 0.329. The summed E-state index contributed by atoms with van der Waals surface area (Å²) in [7, 11) is 0. The van der Waals surface area contributed by atoms with E-state index in [-0.39, 0.29) is 6.61 Å². The molecule has 0 aliphatic rings. The summed E-state index contributed by atoms with van der Waals surface area (Å²) in [6.45, 7) is 1.17. The van der Waals surface area contributed by atoms with Gasteiger partial charge in [-0.15, -0.1) is 4.99 Å². The zero-order valence-electron chi connectivity index (χ0n) is 4.73. The van der Waals surface area contributed by atoms with E-state index in [4.69, 9.17) is 0 Å². The number of hydrogen-bond donors (Lipinski definition) is 0. The fraction of sp³-hybridized carbons (Fsp3) is 0.750. The van der Waals surface area contributed by atoms with Gasteiger partial charge in [0.2, 0.25) is 6.08 Å². The smallest absolute Gasteiger partial charge is 0.300 e. The fourth-order valence-corrected chi connectivity index (χ4v) is 0.259. The van der Waals surface area contributed by atoms with Crippen molar-refractivity contribution in [3.63, 3.8) is 0 Å². The number of rotatable bonds is 3. The second-order valence-electron chi connectivity index (χ2n) is 1.12. The molecule has 0 aromatic rings. The first kappa shape index (κ1) is 8.20. The summed E-state index contributed by atoms with van der Waals surface area (Å²) in [6, 6.07) is 0. The van der Waals surface area contributed by atoms with Crippen LogP contribution < -0.4 is 0 Å². The van der Waals surface area contributed by atoms with Gasteiger partial charge in [0.25, 0.3) is 0 Å². The predicted molar refractivity (Wildman–Crippen MR) is 24.7 cm³/mol. The number of alkyl halides is 2. The number of aliphatic imine (C=N–C) groups is 1. The molecule has 0 aromatic heterocycles. The van der Waals surface area contributed by atoms with Crippen LogP contribution in [0.5, 0.6) is 0 Å². The van der Waals surface area contributed by atoms with Gasteiger partial charge in [-0.25, -0.2) is 4.79 Å². The topological polar surface area (TPSA) is 38.7 Å². The van der Waals surface area contributed by atoms with Gasteiger partial charge in [0.15, 0.2) is 0 Å². The van der Waals surface area contributed by atoms with Gasteiger partial charge in [0.05, 0.1) is 6.61 Å². The molecule has 52 valence electrons. The van der Waals surface area contributed by atoms with Crippen molar-refractivity contribution in [3.8, 4) is 0 Å². The largest absolute Gasteiger partial charge is 0.477 e. The number of carbonyl (C=O) groups excluding carboxylic acids is 1. The third-order valence-electron chi connectivity index (χ3n) is 0.494. The molecule has 0 aliphatic carbocycles. The summed E-state index contributed by atoms with van der Waals surface area (Å²) in [4.78, 5) is 11.3. The van der Waals surface area contributed by atoms with Crippen LogP contribution in [0.2, 0.25) is 0 Å². The number of isocyanates is 1. The number of hydrogen-bond acceptors (Lipinski definition) is 3. The summed E-state index contributed by atoms with van der Waals surface area (Å²) in [5, 5.41) is 0. The van der Waals surface area contributed by atoms with E-state index >= 15 is 0 Å². The van der Waals surface area contributed by atoms with Gasteiger partial charge in [0.1, 0.15) is 0 Å². The van der Waals surface area contributed by atoms with Gasteiger partial charge in [-0.05, 0) is 6.92 Å². The number of ether oxygens (including phenoxy) is 1. The lowest BCUT2D eigenvalue weighted by Gasteiger charge is -2.05. The molecule has 0 fully saturated rings. The average molecular weight is 137 g/mol. The van der Waals surface area contributed by atoms with E-state index in [1.54, 1.807) is 0 Å². The molecular formula is C4H5F2NO2. The first-order valence-corrected chi connectivity index (χ1v) is 2.23. The zero-order chi connectivity index (χ0) is 7.33. The van der Waals surface area contributed by atoms with Crippen LogP contribution in [-0.4, -0.2) is 18.9 Å². The molecule has 0 N–H and O–H groups in total. The minimum absolute atomic E-state index is 0.196. The Hall–Kier alpha value is -0.800. The normalized spacial score (nSPS) is 10.6. The van der Waals surface area contributed by atoms with Crippen LogP contribution in [0.15, 0.2) is 4.99 Å². The highest BCUT2D eigenvalue weighted by atomic mass is 19.3. The van der Waals surface area contributed by atoms with Crippen LogP contribution >= 0.6 is 0 Å². The maximum absolute atomic E-state index is 11.8. The molecule has 0 saturated heterocycles. The zero-order valence-corrected chi connectivity index (χ0v) is 4.73. The SMILES string of the molecule is CCOC(F)(F)N=C=O. The van der Waals surface area contributed by atoms with E-state index in [0.29, 0.717) is 6.08 Å². The standard InChI is InChI=1S/C4H5F2NO2/c1-2-9-4(5,6)7-3-8/h2H2,1H3. The molecule has 9 heavy (non-hydrogen) atoms. The lowest BCUT2D eigenvalue weighted by atomic mass is 10.8. The lowest BCUT2D eigenvalue weighted by Crippen LogP contribution is -2.16. The third kappa shape index (κ3) is 3.76. The van der Waals surface area contributed by atoms with Crippen molar-refractivity contribution in [1.82, 2.24) is 0 Å². The average Bonchev–Trinajstić information content (AvgIpc) is 1.64. The van der Waals surface area contributed by atoms with Crippen LogP contribution in [0.4, 0.5) is 8.78 Å². The van der Waals surface area contributed by atoms with Crippen LogP contribution in [0.1, 0.15) is 6.92 Å². The Morgan fingerprint density at radius 2 is 2.33 bits per heavy atom. The summed E-state index contributed by atoms with van der Waals surface area (Å²) in [6.07, 6.45) is -3.01. The highest BCUT2D eigenvalue weighted by molar-refractivity contribution is 5.33. The minimum atomic E-state index is -3.70. The van der Waals surface area contributed by atoms with E-state index < -0.39 is 6.23 Å². The Morgan fingerprint density at radius 1 is 1.78 bits per heavy atom. The van der Waals surface area contributed by atoms with Gasteiger partial charge in [-0.1, -0.05) is 0 Å². The van der Waals surface area contributed by atoms with Crippen molar-refractivity contribution in [2.45, 2.75) is 13.2 Å². The van der Waals surface area contributed by atoms with Crippen molar-refractivity contribution in [3.05, 3.63) is 0 Å². The van der Waals surface area contributed by atoms with Gasteiger partial charge in [-0.3, -0.25) is 0 Å². The first-order chi connectivity index (χ1) is 4.12. The first-order valence-electron chi connectivity index (χ1n) is 2.23. The number of halogens is 2. The van der Waals surface area contributed by atoms with Crippen LogP contribution in [0, 0.1) is 0 Å². The summed E-state index contributed by atoms with van der Waals surface area (Å²) >= 11 is 0. The van der Waals surface area contributed by atoms with E-state index in [1.165, 1.54) is 6.92 Å². The van der Waals surface area contributed by atoms with E-state index in [9.17, 15) is 13.6 Å². The molecular weight excluding hydrogens is 132 g/mol. The van der Waals surface area contributed by atoms with Crippen molar-refractivity contribution in [1.29, 1.82) is 0 Å². The van der Waals surface area contributed by atoms with Crippen LogP contribution in [0.25, 0.3) is 0 Å². The molecule has 0 bridgehead atoms. The molecule has 0 saturated carbocycles. The second-order valence-corrected chi connectivity index (χ2v) is 1.12. The monoisotopic (exact) mass is 137 g/mol. The highest BCUT2D eigenvalue weighted by Gasteiger charge is 2.28. The molecule has 0 spiro atoms. The Balaban J connectivity index is 3.85. The molecule has 0 amide bonds. The van der Waals surface area contributed by atoms with Crippen molar-refractivity contribution in [2.24, 2.45) is 4.99 Å². The summed E-state index contributed by atoms with van der Waals surface area (Å²) in [5.74, 6) is 0. The molecule has 0 rings (SSSR count). The molecule has 0 aliphatic heterocycles. The molecule has 0 unspecified atom stereocenters. The minimum Gasteiger partial charge on any atom is -0.300 e. The summed E-state index contributed by atoms with van der Waals surface area (Å²) < 4.78 is 27.3. The maximum Gasteiger partial charge on any atom is 0.477 e. The summed E-state index contributed by atoms with van der Waals surface area (Å²) in [5.41, 5.74) is 0. The van der Waals surface area contributed by atoms with Crippen molar-refractivity contribution < 1.29 is 18.3 Å². The van der Waals surface area contributed by atoms with E-state index in [0.717, 1.165) is 0 Å². The Bertz CT molecular complexity index is 131. The van der Waals surface area contributed by atoms with Gasteiger partial charge >= 0.3 is 6.23 Å². The Morgan fingerprint density at radius 3 is 2.67 bits per heavy atom. The molecule has 0 radical (unpaired) electrons. The highest BCUT2D eigenvalue weighted by Crippen LogP contribution is 2.14. The maximum atomic E-state index is 11.8. The Labute approximate surface area is 50.3 Å². The number of nitrogens with zero attached hydrogens (tertiary/aromatic N) is 1. The molecule has 0 aromatic carbocycles. The van der Waals surface area contributed by atoms with Crippen LogP contribution in [-0.2, 0) is 9.53 Å². The Kier molecular flexibility index (Phi) is 2.98. The third-order valence-corrected chi connectivity index (χ3v) is 0.494. The second kappa shape index (κ2) is 3.27. The van der Waals surface area contributed by atoms with Crippen molar-refractivity contribution >= 4 is 6.08 Å². The van der Waals surface area contributed by atoms with Gasteiger partial charge in [0, 0.05) is 0 Å².